The van der Waals surface area contributed by atoms with E-state index in [0.717, 1.165) is 49.3 Å². The molecule has 190 valence electrons. The van der Waals surface area contributed by atoms with Crippen molar-refractivity contribution in [3.05, 3.63) is 23.5 Å². The SMILES string of the molecule is N#CC(CC1CC2(CC2)NC1=O)NC(=O)C1CS2(CCCC2)CN1C(=O)c1ccc(C(F)(F)F)[nH]1. The molecule has 0 aromatic carbocycles. The van der Waals surface area contributed by atoms with Crippen molar-refractivity contribution in [2.75, 3.05) is 23.1 Å². The normalized spacial score (nSPS) is 28.1. The van der Waals surface area contributed by atoms with Crippen LogP contribution in [0.15, 0.2) is 12.1 Å². The molecule has 0 bridgehead atoms. The van der Waals surface area contributed by atoms with E-state index in [1.165, 1.54) is 4.90 Å². The van der Waals surface area contributed by atoms with Crippen LogP contribution in [0, 0.1) is 17.2 Å². The summed E-state index contributed by atoms with van der Waals surface area (Å²) in [5.41, 5.74) is -1.36. The highest BCUT2D eigenvalue weighted by atomic mass is 32.3. The fraction of sp³-hybridized carbons (Fsp3) is 0.652. The summed E-state index contributed by atoms with van der Waals surface area (Å²) in [4.78, 5) is 42.4. The lowest BCUT2D eigenvalue weighted by Gasteiger charge is -2.29. The minimum atomic E-state index is -4.61. The van der Waals surface area contributed by atoms with Crippen LogP contribution < -0.4 is 10.6 Å². The zero-order valence-electron chi connectivity index (χ0n) is 19.1. The maximum atomic E-state index is 13.3. The molecular formula is C23H28F3N5O3S. The maximum Gasteiger partial charge on any atom is 0.431 e. The fourth-order valence-corrected chi connectivity index (χ4v) is 10.1. The third-order valence-electron chi connectivity index (χ3n) is 7.73. The van der Waals surface area contributed by atoms with Gasteiger partial charge in [0.1, 0.15) is 23.5 Å². The van der Waals surface area contributed by atoms with Crippen molar-refractivity contribution in [2.45, 2.75) is 62.3 Å². The van der Waals surface area contributed by atoms with Crippen molar-refractivity contribution in [1.29, 1.82) is 5.26 Å². The molecule has 35 heavy (non-hydrogen) atoms. The molecule has 1 aromatic rings. The molecule has 3 amide bonds. The molecule has 4 fully saturated rings. The van der Waals surface area contributed by atoms with Crippen molar-refractivity contribution in [1.82, 2.24) is 20.5 Å². The second kappa shape index (κ2) is 8.47. The van der Waals surface area contributed by atoms with Crippen LogP contribution in [-0.2, 0) is 15.8 Å². The Hall–Kier alpha value is -2.68. The van der Waals surface area contributed by atoms with Gasteiger partial charge in [-0.3, -0.25) is 14.4 Å². The lowest BCUT2D eigenvalue weighted by molar-refractivity contribution is -0.140. The van der Waals surface area contributed by atoms with Crippen molar-refractivity contribution in [3.63, 3.8) is 0 Å². The quantitative estimate of drug-likeness (QED) is 0.563. The van der Waals surface area contributed by atoms with E-state index < -0.39 is 45.8 Å². The summed E-state index contributed by atoms with van der Waals surface area (Å²) in [5, 5.41) is 15.4. The molecule has 3 N–H and O–H groups in total. The van der Waals surface area contributed by atoms with Crippen LogP contribution in [0.25, 0.3) is 0 Å². The smallest absolute Gasteiger partial charge is 0.350 e. The number of amides is 3. The van der Waals surface area contributed by atoms with Gasteiger partial charge >= 0.3 is 6.18 Å². The average Bonchev–Trinajstić information content (AvgIpc) is 3.27. The number of nitriles is 1. The number of hydrogen-bond acceptors (Lipinski definition) is 4. The van der Waals surface area contributed by atoms with Crippen LogP contribution >= 0.6 is 10.0 Å². The highest BCUT2D eigenvalue weighted by Gasteiger charge is 2.53. The Morgan fingerprint density at radius 1 is 1.29 bits per heavy atom. The first-order valence-electron chi connectivity index (χ1n) is 11.9. The topological polar surface area (TPSA) is 118 Å². The Kier molecular flexibility index (Phi) is 5.81. The minimum absolute atomic E-state index is 0.101. The number of H-pyrrole nitrogens is 1. The summed E-state index contributed by atoms with van der Waals surface area (Å²) >= 11 is 0. The van der Waals surface area contributed by atoms with Crippen molar-refractivity contribution in [2.24, 2.45) is 5.92 Å². The number of aromatic nitrogens is 1. The number of aromatic amines is 1. The van der Waals surface area contributed by atoms with E-state index in [2.05, 4.69) is 21.7 Å². The van der Waals surface area contributed by atoms with E-state index in [4.69, 9.17) is 0 Å². The molecule has 3 unspecified atom stereocenters. The van der Waals surface area contributed by atoms with Gasteiger partial charge in [0.25, 0.3) is 5.91 Å². The Morgan fingerprint density at radius 3 is 2.57 bits per heavy atom. The molecule has 5 rings (SSSR count). The number of nitrogens with one attached hydrogen (secondary N) is 3. The Balaban J connectivity index is 1.31. The zero-order chi connectivity index (χ0) is 25.0. The third-order valence-corrected chi connectivity index (χ3v) is 11.9. The van der Waals surface area contributed by atoms with Crippen LogP contribution in [0.1, 0.15) is 54.7 Å². The number of rotatable bonds is 5. The van der Waals surface area contributed by atoms with Gasteiger partial charge in [-0.25, -0.2) is 10.0 Å². The number of hydrogen-bond donors (Lipinski definition) is 3. The molecule has 0 radical (unpaired) electrons. The molecule has 8 nitrogen and oxygen atoms in total. The van der Waals surface area contributed by atoms with Crippen LogP contribution in [0.3, 0.4) is 0 Å². The van der Waals surface area contributed by atoms with Gasteiger partial charge in [0.2, 0.25) is 11.8 Å². The van der Waals surface area contributed by atoms with Gasteiger partial charge in [-0.2, -0.15) is 18.4 Å². The number of carbonyl (C=O) groups excluding carboxylic acids is 3. The predicted molar refractivity (Wildman–Crippen MR) is 122 cm³/mol. The molecule has 4 aliphatic rings. The molecular weight excluding hydrogens is 483 g/mol. The lowest BCUT2D eigenvalue weighted by Crippen LogP contribution is -2.50. The van der Waals surface area contributed by atoms with Crippen molar-refractivity contribution in [3.8, 4) is 6.07 Å². The first-order valence-corrected chi connectivity index (χ1v) is 14.2. The van der Waals surface area contributed by atoms with Crippen LogP contribution in [0.2, 0.25) is 0 Å². The van der Waals surface area contributed by atoms with Gasteiger partial charge < -0.3 is 20.5 Å². The molecule has 2 spiro atoms. The largest absolute Gasteiger partial charge is 0.431 e. The highest BCUT2D eigenvalue weighted by molar-refractivity contribution is 8.34. The van der Waals surface area contributed by atoms with Crippen molar-refractivity contribution >= 4 is 27.7 Å². The van der Waals surface area contributed by atoms with E-state index in [9.17, 15) is 32.8 Å². The summed E-state index contributed by atoms with van der Waals surface area (Å²) in [6.45, 7) is 0. The average molecular weight is 512 g/mol. The zero-order valence-corrected chi connectivity index (χ0v) is 19.9. The fourth-order valence-electron chi connectivity index (χ4n) is 5.68. The summed E-state index contributed by atoms with van der Waals surface area (Å²) in [7, 11) is -1.26. The van der Waals surface area contributed by atoms with Crippen LogP contribution in [-0.4, -0.2) is 68.4 Å². The number of carbonyl (C=O) groups is 3. The standard InChI is InChI=1S/C23H28F3N5O3S/c24-23(25,26)18-4-3-16(29-18)21(34)31-13-35(7-1-2-8-35)12-17(31)20(33)28-15(11-27)9-14-10-22(5-6-22)30-19(14)32/h3-4,14-15,17,29H,1-2,5-10,12-13H2,(H,28,33)(H,30,32). The third kappa shape index (κ3) is 4.62. The second-order valence-corrected chi connectivity index (χ2v) is 14.2. The van der Waals surface area contributed by atoms with Crippen LogP contribution in [0.5, 0.6) is 0 Å². The lowest BCUT2D eigenvalue weighted by atomic mass is 9.96. The van der Waals surface area contributed by atoms with Gasteiger partial charge in [0, 0.05) is 17.2 Å². The van der Waals surface area contributed by atoms with Gasteiger partial charge in [-0.05, 0) is 62.2 Å². The maximum absolute atomic E-state index is 13.3. The number of halogens is 3. The van der Waals surface area contributed by atoms with Gasteiger partial charge in [0.05, 0.1) is 11.9 Å². The highest BCUT2D eigenvalue weighted by Crippen LogP contribution is 2.59. The molecule has 4 heterocycles. The van der Waals surface area contributed by atoms with Gasteiger partial charge in [0.15, 0.2) is 0 Å². The van der Waals surface area contributed by atoms with E-state index in [1.54, 1.807) is 0 Å². The van der Waals surface area contributed by atoms with E-state index in [1.807, 2.05) is 0 Å². The van der Waals surface area contributed by atoms with Crippen LogP contribution in [0.4, 0.5) is 13.2 Å². The Bertz CT molecular complexity index is 1090. The predicted octanol–water partition coefficient (Wildman–Crippen LogP) is 2.48. The molecule has 1 aromatic heterocycles. The first kappa shape index (κ1) is 24.0. The Labute approximate surface area is 202 Å². The molecule has 3 saturated heterocycles. The first-order chi connectivity index (χ1) is 16.5. The summed E-state index contributed by atoms with van der Waals surface area (Å²) < 4.78 is 39.1. The molecule has 3 atom stereocenters. The molecule has 1 aliphatic carbocycles. The number of nitrogens with zero attached hydrogens (tertiary/aromatic N) is 2. The second-order valence-electron chi connectivity index (χ2n) is 10.3. The number of alkyl halides is 3. The Morgan fingerprint density at radius 2 is 2.00 bits per heavy atom. The summed E-state index contributed by atoms with van der Waals surface area (Å²) in [5.74, 6) is 1.12. The van der Waals surface area contributed by atoms with E-state index in [-0.39, 0.29) is 29.5 Å². The molecule has 3 aliphatic heterocycles. The van der Waals surface area contributed by atoms with Gasteiger partial charge in [-0.1, -0.05) is 0 Å². The minimum Gasteiger partial charge on any atom is -0.350 e. The van der Waals surface area contributed by atoms with E-state index >= 15 is 0 Å². The van der Waals surface area contributed by atoms with Gasteiger partial charge in [-0.15, -0.1) is 0 Å². The summed E-state index contributed by atoms with van der Waals surface area (Å²) in [6.07, 6.45) is 0.103. The molecule has 12 heteroatoms. The van der Waals surface area contributed by atoms with Crippen molar-refractivity contribution < 1.29 is 27.6 Å². The molecule has 1 saturated carbocycles. The monoisotopic (exact) mass is 511 g/mol. The summed E-state index contributed by atoms with van der Waals surface area (Å²) in [6, 6.07) is 2.25. The van der Waals surface area contributed by atoms with E-state index in [0.29, 0.717) is 18.1 Å².